The number of carbonyl (C=O) groups is 1. The average molecular weight is 623 g/mol. The third-order valence-corrected chi connectivity index (χ3v) is 8.50. The van der Waals surface area contributed by atoms with Crippen LogP contribution in [0.25, 0.3) is 11.0 Å². The van der Waals surface area contributed by atoms with E-state index in [1.807, 2.05) is 54.3 Å². The van der Waals surface area contributed by atoms with Crippen molar-refractivity contribution in [2.75, 3.05) is 72.6 Å². The fraction of sp³-hybridized carbons (Fsp3) is 0.500. The molecule has 3 atom stereocenters. The first kappa shape index (κ1) is 31.4. The largest absolute Gasteiger partial charge is 0.464 e. The molecule has 0 bridgehead atoms. The number of para-hydroxylation sites is 1. The van der Waals surface area contributed by atoms with E-state index >= 15 is 0 Å². The topological polar surface area (TPSA) is 112 Å². The summed E-state index contributed by atoms with van der Waals surface area (Å²) in [5.74, 6) is 1.45. The number of aliphatic hydroxyl groups is 1. The maximum absolute atomic E-state index is 13.9. The second-order valence-electron chi connectivity index (χ2n) is 11.3. The number of benzene rings is 2. The summed E-state index contributed by atoms with van der Waals surface area (Å²) < 4.78 is 40.5. The third-order valence-electron chi connectivity index (χ3n) is 8.50. The van der Waals surface area contributed by atoms with Crippen LogP contribution in [-0.4, -0.2) is 99.7 Å². The van der Waals surface area contributed by atoms with Gasteiger partial charge in [0.15, 0.2) is 17.3 Å². The van der Waals surface area contributed by atoms with Crippen LogP contribution in [-0.2, 0) is 30.3 Å². The van der Waals surface area contributed by atoms with Gasteiger partial charge in [-0.25, -0.2) is 0 Å². The van der Waals surface area contributed by atoms with Crippen LogP contribution >= 0.6 is 0 Å². The van der Waals surface area contributed by atoms with E-state index in [-0.39, 0.29) is 31.1 Å². The number of amides is 1. The van der Waals surface area contributed by atoms with Gasteiger partial charge >= 0.3 is 0 Å². The number of piperazine rings is 1. The molecule has 0 radical (unpaired) electrons. The minimum atomic E-state index is -0.626. The molecule has 6 rings (SSSR count). The zero-order valence-corrected chi connectivity index (χ0v) is 25.7. The van der Waals surface area contributed by atoms with Crippen molar-refractivity contribution in [1.29, 1.82) is 0 Å². The first-order valence-corrected chi connectivity index (χ1v) is 15.8. The normalized spacial score (nSPS) is 21.6. The van der Waals surface area contributed by atoms with Crippen LogP contribution in [0.3, 0.4) is 0 Å². The lowest BCUT2D eigenvalue weighted by atomic mass is 9.81. The van der Waals surface area contributed by atoms with Gasteiger partial charge in [-0.2, -0.15) is 0 Å². The molecule has 1 fully saturated rings. The smallest absolute Gasteiger partial charge is 0.288 e. The zero-order valence-electron chi connectivity index (χ0n) is 25.7. The average Bonchev–Trinajstić information content (AvgIpc) is 3.72. The van der Waals surface area contributed by atoms with Crippen molar-refractivity contribution < 1.29 is 42.7 Å². The van der Waals surface area contributed by atoms with Crippen molar-refractivity contribution in [2.45, 2.75) is 32.1 Å². The van der Waals surface area contributed by atoms with Crippen LogP contribution in [0.4, 0.5) is 0 Å². The summed E-state index contributed by atoms with van der Waals surface area (Å²) in [6, 6.07) is 14.0. The molecular formula is C34H42N2O9. The van der Waals surface area contributed by atoms with Crippen LogP contribution in [0.2, 0.25) is 0 Å². The molecule has 11 nitrogen and oxygen atoms in total. The Kier molecular flexibility index (Phi) is 10.5. The van der Waals surface area contributed by atoms with Gasteiger partial charge in [0.2, 0.25) is 13.1 Å². The molecule has 3 aromatic rings. The predicted molar refractivity (Wildman–Crippen MR) is 165 cm³/mol. The molecule has 0 aliphatic carbocycles. The number of allylic oxidation sites excluding steroid dienone is 1. The zero-order chi connectivity index (χ0) is 31.0. The van der Waals surface area contributed by atoms with E-state index in [1.54, 1.807) is 6.26 Å². The number of carbonyl (C=O) groups excluding carboxylic acids is 1. The van der Waals surface area contributed by atoms with E-state index in [2.05, 4.69) is 11.0 Å². The predicted octanol–water partition coefficient (Wildman–Crippen LogP) is 3.90. The Hall–Kier alpha value is -3.61. The van der Waals surface area contributed by atoms with Crippen LogP contribution in [0.1, 0.15) is 30.4 Å². The summed E-state index contributed by atoms with van der Waals surface area (Å²) in [4.78, 5) is 18.1. The Labute approximate surface area is 263 Å². The molecule has 1 N–H and O–H groups in total. The molecule has 1 amide bonds. The highest BCUT2D eigenvalue weighted by atomic mass is 16.7. The molecule has 11 heteroatoms. The summed E-state index contributed by atoms with van der Waals surface area (Å²) in [7, 11) is 0. The van der Waals surface area contributed by atoms with E-state index < -0.39 is 6.29 Å². The SMILES string of the molecule is CCO[C@H]1OC(C(=O)N2CCN(Cc3ccc4c(c3)OCO4)CC2)=C[C@@H](c2coc3ccccc23)[C@H]1CCOCCOCCO. The highest BCUT2D eigenvalue weighted by molar-refractivity contribution is 5.92. The summed E-state index contributed by atoms with van der Waals surface area (Å²) >= 11 is 0. The standard InChI is InChI=1S/C34H42N2O9/c1-2-41-34-26(9-15-39-17-18-40-16-14-37)27(28-22-42-29-6-4-3-5-25(28)29)20-32(45-34)33(38)36-12-10-35(11-13-36)21-24-7-8-30-31(19-24)44-23-43-30/h3-8,19-20,22,26-27,34,37H,2,9-18,21,23H2,1H3/t26-,27-,34+/m1/s1. The minimum absolute atomic E-state index is 0.0139. The van der Waals surface area contributed by atoms with Crippen LogP contribution in [0.5, 0.6) is 11.5 Å². The van der Waals surface area contributed by atoms with Crippen molar-refractivity contribution in [3.8, 4) is 11.5 Å². The lowest BCUT2D eigenvalue weighted by Crippen LogP contribution is -2.50. The number of rotatable bonds is 14. The summed E-state index contributed by atoms with van der Waals surface area (Å²) in [5.41, 5.74) is 2.94. The Balaban J connectivity index is 1.15. The summed E-state index contributed by atoms with van der Waals surface area (Å²) in [5, 5.41) is 9.91. The number of fused-ring (bicyclic) bond motifs is 2. The summed E-state index contributed by atoms with van der Waals surface area (Å²) in [6.07, 6.45) is 3.75. The van der Waals surface area contributed by atoms with Gasteiger partial charge in [-0.15, -0.1) is 0 Å². The molecule has 3 aliphatic rings. The van der Waals surface area contributed by atoms with Crippen molar-refractivity contribution >= 4 is 16.9 Å². The molecule has 242 valence electrons. The fourth-order valence-electron chi connectivity index (χ4n) is 6.21. The molecular weight excluding hydrogens is 580 g/mol. The first-order chi connectivity index (χ1) is 22.1. The van der Waals surface area contributed by atoms with Crippen LogP contribution < -0.4 is 9.47 Å². The van der Waals surface area contributed by atoms with E-state index in [0.717, 1.165) is 53.2 Å². The third kappa shape index (κ3) is 7.45. The van der Waals surface area contributed by atoms with Gasteiger partial charge in [0.1, 0.15) is 5.58 Å². The van der Waals surface area contributed by atoms with Crippen molar-refractivity contribution in [3.05, 3.63) is 71.7 Å². The van der Waals surface area contributed by atoms with Crippen molar-refractivity contribution in [2.24, 2.45) is 5.92 Å². The lowest BCUT2D eigenvalue weighted by Gasteiger charge is -2.39. The van der Waals surface area contributed by atoms with E-state index in [4.69, 9.17) is 37.9 Å². The summed E-state index contributed by atoms with van der Waals surface area (Å²) in [6.45, 7) is 7.67. The Morgan fingerprint density at radius 2 is 1.78 bits per heavy atom. The Bertz CT molecular complexity index is 1450. The van der Waals surface area contributed by atoms with Gasteiger partial charge in [-0.3, -0.25) is 9.69 Å². The van der Waals surface area contributed by atoms with Gasteiger partial charge in [0, 0.05) is 68.7 Å². The quantitative estimate of drug-likeness (QED) is 0.266. The van der Waals surface area contributed by atoms with Gasteiger partial charge in [0.25, 0.3) is 5.91 Å². The number of furan rings is 1. The van der Waals surface area contributed by atoms with Gasteiger partial charge in [0.05, 0.1) is 32.7 Å². The number of hydrogen-bond donors (Lipinski definition) is 1. The van der Waals surface area contributed by atoms with Gasteiger partial charge in [-0.05, 0) is 43.2 Å². The number of ether oxygens (including phenoxy) is 6. The molecule has 2 aromatic carbocycles. The Morgan fingerprint density at radius 3 is 2.60 bits per heavy atom. The highest BCUT2D eigenvalue weighted by Crippen LogP contribution is 2.42. The van der Waals surface area contributed by atoms with E-state index in [1.165, 1.54) is 0 Å². The lowest BCUT2D eigenvalue weighted by molar-refractivity contribution is -0.172. The molecule has 1 aromatic heterocycles. The molecule has 3 aliphatic heterocycles. The molecule has 45 heavy (non-hydrogen) atoms. The first-order valence-electron chi connectivity index (χ1n) is 15.8. The maximum Gasteiger partial charge on any atom is 0.288 e. The van der Waals surface area contributed by atoms with E-state index in [9.17, 15) is 4.79 Å². The molecule has 4 heterocycles. The van der Waals surface area contributed by atoms with Crippen LogP contribution in [0.15, 0.2) is 65.0 Å². The number of hydrogen-bond acceptors (Lipinski definition) is 10. The minimum Gasteiger partial charge on any atom is -0.464 e. The van der Waals surface area contributed by atoms with Crippen molar-refractivity contribution in [3.63, 3.8) is 0 Å². The van der Waals surface area contributed by atoms with Crippen molar-refractivity contribution in [1.82, 2.24) is 9.80 Å². The second-order valence-corrected chi connectivity index (χ2v) is 11.3. The van der Waals surface area contributed by atoms with Crippen LogP contribution in [0, 0.1) is 5.92 Å². The molecule has 0 saturated carbocycles. The maximum atomic E-state index is 13.9. The Morgan fingerprint density at radius 1 is 0.978 bits per heavy atom. The number of aliphatic hydroxyl groups excluding tert-OH is 1. The monoisotopic (exact) mass is 622 g/mol. The van der Waals surface area contributed by atoms with Gasteiger partial charge in [-0.1, -0.05) is 24.3 Å². The van der Waals surface area contributed by atoms with E-state index in [0.29, 0.717) is 58.3 Å². The molecule has 1 saturated heterocycles. The number of nitrogens with zero attached hydrogens (tertiary/aromatic N) is 2. The molecule has 0 unspecified atom stereocenters. The second kappa shape index (κ2) is 15.1. The van der Waals surface area contributed by atoms with Gasteiger partial charge < -0.3 is 42.8 Å². The highest BCUT2D eigenvalue weighted by Gasteiger charge is 2.40. The molecule has 0 spiro atoms. The fourth-order valence-corrected chi connectivity index (χ4v) is 6.21.